The molecule has 6 heteroatoms. The summed E-state index contributed by atoms with van der Waals surface area (Å²) >= 11 is 0.920. The quantitative estimate of drug-likeness (QED) is 0.841. The molecule has 1 aliphatic carbocycles. The van der Waals surface area contributed by atoms with E-state index in [1.54, 1.807) is 0 Å². The fourth-order valence-electron chi connectivity index (χ4n) is 2.31. The maximum Gasteiger partial charge on any atom is 0.417 e. The third-order valence-corrected chi connectivity index (χ3v) is 4.12. The zero-order valence-electron chi connectivity index (χ0n) is 9.67. The smallest absolute Gasteiger partial charge is 0.328 e. The monoisotopic (exact) mass is 277 g/mol. The molecule has 0 radical (unpaired) electrons. The number of alkyl halides is 3. The Kier molecular flexibility index (Phi) is 3.77. The summed E-state index contributed by atoms with van der Waals surface area (Å²) in [6.45, 7) is 0. The Morgan fingerprint density at radius 2 is 1.83 bits per heavy atom. The van der Waals surface area contributed by atoms with Gasteiger partial charge < -0.3 is 5.73 Å². The molecule has 0 saturated heterocycles. The van der Waals surface area contributed by atoms with Crippen LogP contribution in [0.1, 0.15) is 41.6 Å². The van der Waals surface area contributed by atoms with Gasteiger partial charge in [0.2, 0.25) is 0 Å². The Morgan fingerprint density at radius 1 is 1.22 bits per heavy atom. The van der Waals surface area contributed by atoms with Gasteiger partial charge in [-0.2, -0.15) is 24.5 Å². The van der Waals surface area contributed by atoms with E-state index < -0.39 is 11.7 Å². The van der Waals surface area contributed by atoms with Crippen LogP contribution in [0.5, 0.6) is 0 Å². The Balaban J connectivity index is 2.17. The SMILES string of the molecule is NC1CCC(C(=O)c2cscc2C(F)(F)F)CC1. The lowest BCUT2D eigenvalue weighted by molar-refractivity contribution is -0.137. The zero-order chi connectivity index (χ0) is 13.3. The van der Waals surface area contributed by atoms with E-state index >= 15 is 0 Å². The number of hydrogen-bond donors (Lipinski definition) is 1. The molecule has 1 aromatic heterocycles. The Morgan fingerprint density at radius 3 is 2.39 bits per heavy atom. The average molecular weight is 277 g/mol. The van der Waals surface area contributed by atoms with E-state index in [0.717, 1.165) is 16.7 Å². The molecule has 0 spiro atoms. The van der Waals surface area contributed by atoms with Crippen LogP contribution in [0.15, 0.2) is 10.8 Å². The third kappa shape index (κ3) is 2.75. The van der Waals surface area contributed by atoms with Crippen molar-refractivity contribution >= 4 is 17.1 Å². The number of hydrogen-bond acceptors (Lipinski definition) is 3. The highest BCUT2D eigenvalue weighted by atomic mass is 32.1. The van der Waals surface area contributed by atoms with Crippen molar-refractivity contribution in [2.45, 2.75) is 37.9 Å². The molecule has 1 aromatic rings. The molecule has 2 N–H and O–H groups in total. The van der Waals surface area contributed by atoms with Gasteiger partial charge in [0.15, 0.2) is 5.78 Å². The molecular formula is C12H14F3NOS. The molecule has 18 heavy (non-hydrogen) atoms. The van der Waals surface area contributed by atoms with Gasteiger partial charge >= 0.3 is 6.18 Å². The van der Waals surface area contributed by atoms with Crippen LogP contribution in [0.4, 0.5) is 13.2 Å². The number of rotatable bonds is 2. The van der Waals surface area contributed by atoms with Crippen molar-refractivity contribution in [2.24, 2.45) is 11.7 Å². The maximum atomic E-state index is 12.7. The average Bonchev–Trinajstić information content (AvgIpc) is 2.77. The van der Waals surface area contributed by atoms with Gasteiger partial charge in [0.05, 0.1) is 5.56 Å². The van der Waals surface area contributed by atoms with Gasteiger partial charge in [0.1, 0.15) is 0 Å². The van der Waals surface area contributed by atoms with Crippen molar-refractivity contribution < 1.29 is 18.0 Å². The highest BCUT2D eigenvalue weighted by Crippen LogP contribution is 2.37. The van der Waals surface area contributed by atoms with E-state index in [9.17, 15) is 18.0 Å². The van der Waals surface area contributed by atoms with Crippen LogP contribution in [0, 0.1) is 5.92 Å². The second-order valence-corrected chi connectivity index (χ2v) is 5.42. The van der Waals surface area contributed by atoms with E-state index in [1.165, 1.54) is 5.38 Å². The Bertz CT molecular complexity index is 433. The molecule has 1 heterocycles. The summed E-state index contributed by atoms with van der Waals surface area (Å²) in [5.74, 6) is -0.684. The minimum atomic E-state index is -4.45. The molecule has 0 aromatic carbocycles. The number of thiophene rings is 1. The molecule has 0 unspecified atom stereocenters. The summed E-state index contributed by atoms with van der Waals surface area (Å²) in [5, 5.41) is 2.31. The van der Waals surface area contributed by atoms with Crippen LogP contribution in [-0.4, -0.2) is 11.8 Å². The summed E-state index contributed by atoms with van der Waals surface area (Å²) in [6, 6.07) is 0.0820. The fraction of sp³-hybridized carbons (Fsp3) is 0.583. The van der Waals surface area contributed by atoms with Gasteiger partial charge in [-0.3, -0.25) is 4.79 Å². The molecule has 2 nitrogen and oxygen atoms in total. The van der Waals surface area contributed by atoms with Crippen molar-refractivity contribution in [3.05, 3.63) is 21.9 Å². The number of carbonyl (C=O) groups is 1. The van der Waals surface area contributed by atoms with Crippen LogP contribution in [0.2, 0.25) is 0 Å². The molecule has 1 aliphatic rings. The van der Waals surface area contributed by atoms with E-state index in [1.807, 2.05) is 0 Å². The lowest BCUT2D eigenvalue weighted by Gasteiger charge is -2.25. The van der Waals surface area contributed by atoms with Crippen LogP contribution < -0.4 is 5.73 Å². The number of halogens is 3. The molecule has 0 aliphatic heterocycles. The lowest BCUT2D eigenvalue weighted by Crippen LogP contribution is -2.30. The largest absolute Gasteiger partial charge is 0.417 e. The maximum absolute atomic E-state index is 12.7. The van der Waals surface area contributed by atoms with Crippen LogP contribution in [-0.2, 0) is 6.18 Å². The molecule has 1 saturated carbocycles. The second-order valence-electron chi connectivity index (χ2n) is 4.67. The van der Waals surface area contributed by atoms with Crippen molar-refractivity contribution in [3.63, 3.8) is 0 Å². The highest BCUT2D eigenvalue weighted by molar-refractivity contribution is 7.08. The van der Waals surface area contributed by atoms with Crippen LogP contribution in [0.25, 0.3) is 0 Å². The number of nitrogens with two attached hydrogens (primary N) is 1. The summed E-state index contributed by atoms with van der Waals surface area (Å²) < 4.78 is 38.1. The van der Waals surface area contributed by atoms with E-state index in [-0.39, 0.29) is 23.3 Å². The number of ketones is 1. The first-order valence-electron chi connectivity index (χ1n) is 5.82. The van der Waals surface area contributed by atoms with Gasteiger partial charge in [-0.05, 0) is 25.7 Å². The first kappa shape index (κ1) is 13.5. The Hall–Kier alpha value is -0.880. The molecule has 2 rings (SSSR count). The standard InChI is InChI=1S/C12H14F3NOS/c13-12(14,15)10-6-18-5-9(10)11(17)7-1-3-8(16)4-2-7/h5-8H,1-4,16H2. The normalized spacial score (nSPS) is 25.1. The van der Waals surface area contributed by atoms with E-state index in [2.05, 4.69) is 0 Å². The fourth-order valence-corrected chi connectivity index (χ4v) is 3.15. The lowest BCUT2D eigenvalue weighted by atomic mass is 9.82. The minimum Gasteiger partial charge on any atom is -0.328 e. The minimum absolute atomic E-state index is 0.0820. The molecule has 100 valence electrons. The van der Waals surface area contributed by atoms with E-state index in [4.69, 9.17) is 5.73 Å². The third-order valence-electron chi connectivity index (χ3n) is 3.38. The molecule has 0 amide bonds. The molecular weight excluding hydrogens is 263 g/mol. The zero-order valence-corrected chi connectivity index (χ0v) is 10.5. The van der Waals surface area contributed by atoms with Gasteiger partial charge in [0, 0.05) is 28.3 Å². The first-order valence-corrected chi connectivity index (χ1v) is 6.77. The van der Waals surface area contributed by atoms with Gasteiger partial charge in [-0.1, -0.05) is 0 Å². The predicted molar refractivity (Wildman–Crippen MR) is 63.6 cm³/mol. The van der Waals surface area contributed by atoms with Gasteiger partial charge in [-0.25, -0.2) is 0 Å². The first-order chi connectivity index (χ1) is 8.39. The summed E-state index contributed by atoms with van der Waals surface area (Å²) in [6.07, 6.45) is -1.85. The number of carbonyl (C=O) groups excluding carboxylic acids is 1. The van der Waals surface area contributed by atoms with Crippen molar-refractivity contribution in [1.29, 1.82) is 0 Å². The van der Waals surface area contributed by atoms with Crippen molar-refractivity contribution in [2.75, 3.05) is 0 Å². The Labute approximate surface area is 107 Å². The van der Waals surface area contributed by atoms with Gasteiger partial charge in [-0.15, -0.1) is 0 Å². The second kappa shape index (κ2) is 5.01. The van der Waals surface area contributed by atoms with Crippen molar-refractivity contribution in [1.82, 2.24) is 0 Å². The molecule has 0 bridgehead atoms. The van der Waals surface area contributed by atoms with Gasteiger partial charge in [0.25, 0.3) is 0 Å². The van der Waals surface area contributed by atoms with Crippen LogP contribution >= 0.6 is 11.3 Å². The molecule has 1 fully saturated rings. The topological polar surface area (TPSA) is 43.1 Å². The summed E-state index contributed by atoms with van der Waals surface area (Å²) in [7, 11) is 0. The van der Waals surface area contributed by atoms with Crippen LogP contribution in [0.3, 0.4) is 0 Å². The molecule has 0 atom stereocenters. The van der Waals surface area contributed by atoms with E-state index in [0.29, 0.717) is 25.7 Å². The summed E-state index contributed by atoms with van der Waals surface area (Å²) in [4.78, 5) is 12.1. The highest BCUT2D eigenvalue weighted by Gasteiger charge is 2.37. The predicted octanol–water partition coefficient (Wildman–Crippen LogP) is 3.47. The van der Waals surface area contributed by atoms with Crippen molar-refractivity contribution in [3.8, 4) is 0 Å². The number of Topliss-reactive ketones (excluding diaryl/α,β-unsaturated/α-hetero) is 1. The summed E-state index contributed by atoms with van der Waals surface area (Å²) in [5.41, 5.74) is 4.75.